The van der Waals surface area contributed by atoms with E-state index >= 15 is 0 Å². The van der Waals surface area contributed by atoms with Crippen LogP contribution in [0.1, 0.15) is 49.7 Å². The molecular weight excluding hydrogens is 654 g/mol. The lowest BCUT2D eigenvalue weighted by Crippen LogP contribution is -2.49. The summed E-state index contributed by atoms with van der Waals surface area (Å²) in [5.41, 5.74) is 1.99. The Bertz CT molecular complexity index is 1910. The van der Waals surface area contributed by atoms with Gasteiger partial charge >= 0.3 is 0 Å². The predicted molar refractivity (Wildman–Crippen MR) is 187 cm³/mol. The van der Waals surface area contributed by atoms with E-state index in [0.717, 1.165) is 25.2 Å². The van der Waals surface area contributed by atoms with Crippen LogP contribution >= 0.6 is 11.6 Å². The number of halogens is 1. The highest BCUT2D eigenvalue weighted by atomic mass is 35.5. The molecule has 4 fully saturated rings. The van der Waals surface area contributed by atoms with Crippen molar-refractivity contribution in [3.05, 3.63) is 101 Å². The molecule has 10 heteroatoms. The zero-order valence-electron chi connectivity index (χ0n) is 28.1. The number of imide groups is 2. The topological polar surface area (TPSA) is 107 Å². The molecule has 0 aromatic heterocycles. The van der Waals surface area contributed by atoms with Gasteiger partial charge in [0, 0.05) is 31.6 Å². The Morgan fingerprint density at radius 1 is 0.900 bits per heavy atom. The first kappa shape index (κ1) is 32.7. The van der Waals surface area contributed by atoms with Gasteiger partial charge in [-0.25, -0.2) is 4.90 Å². The Balaban J connectivity index is 1.14. The smallest absolute Gasteiger partial charge is 0.241 e. The van der Waals surface area contributed by atoms with Gasteiger partial charge in [-0.05, 0) is 73.9 Å². The molecule has 4 amide bonds. The molecule has 8 rings (SSSR count). The molecule has 0 unspecified atom stereocenters. The molecule has 9 nitrogen and oxygen atoms in total. The molecule has 6 atom stereocenters. The van der Waals surface area contributed by atoms with E-state index in [4.69, 9.17) is 16.3 Å². The SMILES string of the molecule is COc1cc([C@H]2C3=CC[C@@H]4C(=O)N(C5CCN(Cc6ccccc6)CC5)C(=O)[C@@H]4[C@@H]3C[C@H]3C(=O)N(c4ccccc4)C(=O)[C@@]23C)cc(Cl)c1O. The minimum atomic E-state index is -1.22. The number of piperidine rings is 1. The highest BCUT2D eigenvalue weighted by Crippen LogP contribution is 2.64. The first-order chi connectivity index (χ1) is 24.1. The molecule has 0 radical (unpaired) electrons. The summed E-state index contributed by atoms with van der Waals surface area (Å²) in [6.45, 7) is 4.24. The Kier molecular flexibility index (Phi) is 8.11. The first-order valence-corrected chi connectivity index (χ1v) is 17.8. The molecule has 258 valence electrons. The number of anilines is 1. The van der Waals surface area contributed by atoms with Gasteiger partial charge in [0.05, 0.1) is 41.0 Å². The average Bonchev–Trinajstić information content (AvgIpc) is 3.50. The van der Waals surface area contributed by atoms with Gasteiger partial charge in [0.2, 0.25) is 23.6 Å². The Morgan fingerprint density at radius 3 is 2.26 bits per heavy atom. The second kappa shape index (κ2) is 12.4. The maximum absolute atomic E-state index is 14.6. The fourth-order valence-corrected chi connectivity index (χ4v) is 9.92. The van der Waals surface area contributed by atoms with Crippen LogP contribution in [-0.2, 0) is 25.7 Å². The second-order valence-corrected chi connectivity index (χ2v) is 15.0. The number of ether oxygens (including phenoxy) is 1. The average molecular weight is 694 g/mol. The van der Waals surface area contributed by atoms with Gasteiger partial charge in [-0.3, -0.25) is 29.0 Å². The number of methoxy groups -OCH3 is 1. The van der Waals surface area contributed by atoms with Crippen molar-refractivity contribution < 1.29 is 29.0 Å². The summed E-state index contributed by atoms with van der Waals surface area (Å²) in [7, 11) is 1.43. The lowest BCUT2D eigenvalue weighted by molar-refractivity contribution is -0.144. The number of nitrogens with zero attached hydrogens (tertiary/aromatic N) is 3. The molecule has 3 aromatic carbocycles. The molecule has 3 saturated heterocycles. The molecule has 3 heterocycles. The molecule has 50 heavy (non-hydrogen) atoms. The highest BCUT2D eigenvalue weighted by molar-refractivity contribution is 6.32. The van der Waals surface area contributed by atoms with Crippen LogP contribution in [0.2, 0.25) is 5.02 Å². The summed E-state index contributed by atoms with van der Waals surface area (Å²) < 4.78 is 5.47. The molecule has 5 aliphatic rings. The molecule has 3 aliphatic heterocycles. The minimum Gasteiger partial charge on any atom is -0.503 e. The maximum Gasteiger partial charge on any atom is 0.241 e. The Morgan fingerprint density at radius 2 is 1.58 bits per heavy atom. The van der Waals surface area contributed by atoms with Crippen LogP contribution in [0.3, 0.4) is 0 Å². The number of phenols is 1. The van der Waals surface area contributed by atoms with E-state index in [9.17, 15) is 24.3 Å². The number of carbonyl (C=O) groups excluding carboxylic acids is 4. The number of hydrogen-bond acceptors (Lipinski definition) is 7. The van der Waals surface area contributed by atoms with Crippen LogP contribution in [0.25, 0.3) is 0 Å². The monoisotopic (exact) mass is 693 g/mol. The molecule has 1 N–H and O–H groups in total. The summed E-state index contributed by atoms with van der Waals surface area (Å²) in [6, 6.07) is 22.3. The van der Waals surface area contributed by atoms with Crippen molar-refractivity contribution >= 4 is 40.9 Å². The number of para-hydroxylation sites is 1. The van der Waals surface area contributed by atoms with Gasteiger partial charge in [-0.1, -0.05) is 71.8 Å². The fourth-order valence-electron chi connectivity index (χ4n) is 9.70. The van der Waals surface area contributed by atoms with Gasteiger partial charge in [-0.15, -0.1) is 0 Å². The molecule has 2 aliphatic carbocycles. The second-order valence-electron chi connectivity index (χ2n) is 14.6. The fraction of sp³-hybridized carbons (Fsp3) is 0.400. The van der Waals surface area contributed by atoms with E-state index in [1.54, 1.807) is 41.3 Å². The predicted octanol–water partition coefficient (Wildman–Crippen LogP) is 5.95. The number of phenolic OH excluding ortho intramolecular Hbond substituents is 1. The summed E-state index contributed by atoms with van der Waals surface area (Å²) in [6.07, 6.45) is 4.10. The number of hydrogen-bond donors (Lipinski definition) is 1. The number of aromatic hydroxyl groups is 1. The number of allylic oxidation sites excluding steroid dienone is 2. The number of benzene rings is 3. The number of likely N-dealkylation sites (tertiary alicyclic amines) is 2. The number of carbonyl (C=O) groups is 4. The lowest BCUT2D eigenvalue weighted by Gasteiger charge is -2.49. The van der Waals surface area contributed by atoms with E-state index in [2.05, 4.69) is 17.0 Å². The summed E-state index contributed by atoms with van der Waals surface area (Å²) in [5.74, 6) is -3.98. The van der Waals surface area contributed by atoms with Crippen LogP contribution in [0.4, 0.5) is 5.69 Å². The van der Waals surface area contributed by atoms with Gasteiger partial charge in [0.1, 0.15) is 0 Å². The largest absolute Gasteiger partial charge is 0.503 e. The van der Waals surface area contributed by atoms with E-state index < -0.39 is 35.0 Å². The summed E-state index contributed by atoms with van der Waals surface area (Å²) in [4.78, 5) is 62.9. The molecule has 1 saturated carbocycles. The van der Waals surface area contributed by atoms with Crippen molar-refractivity contribution in [3.63, 3.8) is 0 Å². The first-order valence-electron chi connectivity index (χ1n) is 17.5. The van der Waals surface area contributed by atoms with Crippen LogP contribution in [0.15, 0.2) is 84.4 Å². The van der Waals surface area contributed by atoms with Gasteiger partial charge in [-0.2, -0.15) is 0 Å². The van der Waals surface area contributed by atoms with Crippen molar-refractivity contribution in [2.24, 2.45) is 29.1 Å². The van der Waals surface area contributed by atoms with Crippen molar-refractivity contribution in [2.45, 2.75) is 51.1 Å². The number of fused-ring (bicyclic) bond motifs is 4. The van der Waals surface area contributed by atoms with Gasteiger partial charge in [0.25, 0.3) is 0 Å². The van der Waals surface area contributed by atoms with Crippen LogP contribution in [0, 0.1) is 29.1 Å². The third-order valence-corrected chi connectivity index (χ3v) is 12.4. The summed E-state index contributed by atoms with van der Waals surface area (Å²) in [5, 5.41) is 10.7. The normalized spacial score (nSPS) is 29.9. The Hall–Kier alpha value is -4.47. The van der Waals surface area contributed by atoms with Crippen LogP contribution < -0.4 is 9.64 Å². The molecule has 3 aromatic rings. The zero-order chi connectivity index (χ0) is 34.9. The number of rotatable bonds is 6. The van der Waals surface area contributed by atoms with E-state index in [1.807, 2.05) is 37.3 Å². The maximum atomic E-state index is 14.6. The van der Waals surface area contributed by atoms with Crippen molar-refractivity contribution in [2.75, 3.05) is 25.1 Å². The van der Waals surface area contributed by atoms with E-state index in [-0.39, 0.29) is 52.6 Å². The van der Waals surface area contributed by atoms with Crippen molar-refractivity contribution in [3.8, 4) is 11.5 Å². The molecule has 0 bridgehead atoms. The van der Waals surface area contributed by atoms with Crippen LogP contribution in [-0.4, -0.2) is 64.8 Å². The van der Waals surface area contributed by atoms with E-state index in [0.29, 0.717) is 30.5 Å². The lowest BCUT2D eigenvalue weighted by atomic mass is 9.51. The van der Waals surface area contributed by atoms with Gasteiger partial charge < -0.3 is 9.84 Å². The highest BCUT2D eigenvalue weighted by Gasteiger charge is 2.68. The van der Waals surface area contributed by atoms with Crippen LogP contribution in [0.5, 0.6) is 11.5 Å². The van der Waals surface area contributed by atoms with Gasteiger partial charge in [0.15, 0.2) is 11.5 Å². The van der Waals surface area contributed by atoms with Crippen molar-refractivity contribution in [1.29, 1.82) is 0 Å². The molecule has 0 spiro atoms. The summed E-state index contributed by atoms with van der Waals surface area (Å²) >= 11 is 6.54. The van der Waals surface area contributed by atoms with Crippen molar-refractivity contribution in [1.82, 2.24) is 9.80 Å². The number of amides is 4. The van der Waals surface area contributed by atoms with E-state index in [1.165, 1.54) is 17.6 Å². The third-order valence-electron chi connectivity index (χ3n) is 12.1. The standard InChI is InChI=1S/C40H40ClN3O6/c1-40-30(37(47)44(39(40)49)25-11-7-4-8-12-25)21-29-27(34(40)24-19-31(41)35(45)32(20-24)50-2)13-14-28-33(29)38(48)43(36(28)46)26-15-17-42(18-16-26)22-23-9-5-3-6-10-23/h3-13,19-20,26,28-30,33-34,45H,14-18,21-22H2,1-2H3/t28-,29+,30-,33-,34-,40+/m0/s1. The quantitative estimate of drug-likeness (QED) is 0.251. The Labute approximate surface area is 296 Å². The molecular formula is C40H40ClN3O6. The third kappa shape index (κ3) is 4.92. The zero-order valence-corrected chi connectivity index (χ0v) is 28.9. The minimum absolute atomic E-state index is 0.0597.